The van der Waals surface area contributed by atoms with Crippen molar-refractivity contribution in [3.63, 3.8) is 0 Å². The zero-order valence-corrected chi connectivity index (χ0v) is 8.92. The summed E-state index contributed by atoms with van der Waals surface area (Å²) < 4.78 is 64.9. The first-order valence-corrected chi connectivity index (χ1v) is 4.60. The van der Waals surface area contributed by atoms with Crippen LogP contribution < -0.4 is 0 Å². The van der Waals surface area contributed by atoms with Gasteiger partial charge in [-0.1, -0.05) is 6.92 Å². The zero-order valence-electron chi connectivity index (χ0n) is 8.92. The summed E-state index contributed by atoms with van der Waals surface area (Å²) in [6.07, 6.45) is -6.28. The van der Waals surface area contributed by atoms with E-state index in [1.54, 1.807) is 20.8 Å². The van der Waals surface area contributed by atoms with Gasteiger partial charge in [-0.3, -0.25) is 0 Å². The first-order valence-electron chi connectivity index (χ1n) is 4.60. The van der Waals surface area contributed by atoms with Crippen LogP contribution in [0.5, 0.6) is 0 Å². The van der Waals surface area contributed by atoms with Crippen LogP contribution in [-0.4, -0.2) is 24.3 Å². The Hall–Kier alpha value is -0.390. The first kappa shape index (κ1) is 14.6. The van der Waals surface area contributed by atoms with Crippen molar-refractivity contribution in [2.45, 2.75) is 51.3 Å². The molecule has 0 spiro atoms. The molecule has 6 heteroatoms. The fraction of sp³-hybridized carbons (Fsp3) is 1.00. The van der Waals surface area contributed by atoms with E-state index >= 15 is 0 Å². The highest BCUT2D eigenvalue weighted by Crippen LogP contribution is 2.38. The summed E-state index contributed by atoms with van der Waals surface area (Å²) in [5, 5.41) is 0. The van der Waals surface area contributed by atoms with Crippen molar-refractivity contribution >= 4 is 0 Å². The molecule has 0 saturated carbocycles. The van der Waals surface area contributed by atoms with E-state index in [0.29, 0.717) is 6.42 Å². The Bertz CT molecular complexity index is 197. The smallest absolute Gasteiger partial charge is 0.375 e. The van der Waals surface area contributed by atoms with Gasteiger partial charge in [-0.05, 0) is 20.3 Å². The van der Waals surface area contributed by atoms with Gasteiger partial charge in [0.1, 0.15) is 0 Å². The molecule has 0 rings (SSSR count). The highest BCUT2D eigenvalue weighted by atomic mass is 19.4. The second-order valence-electron chi connectivity index (χ2n) is 3.91. The molecule has 0 atom stereocenters. The number of ether oxygens (including phenoxy) is 1. The van der Waals surface area contributed by atoms with Crippen LogP contribution in [0.1, 0.15) is 33.6 Å². The van der Waals surface area contributed by atoms with Crippen molar-refractivity contribution in [2.75, 3.05) is 6.61 Å². The van der Waals surface area contributed by atoms with E-state index in [2.05, 4.69) is 0 Å². The van der Waals surface area contributed by atoms with Crippen LogP contribution >= 0.6 is 0 Å². The van der Waals surface area contributed by atoms with Gasteiger partial charge in [-0.2, -0.15) is 22.0 Å². The molecule has 0 N–H and O–H groups in total. The average molecular weight is 234 g/mol. The summed E-state index contributed by atoms with van der Waals surface area (Å²) in [6.45, 7) is 4.44. The largest absolute Gasteiger partial charge is 0.453 e. The van der Waals surface area contributed by atoms with Gasteiger partial charge in [0.25, 0.3) is 0 Å². The van der Waals surface area contributed by atoms with Crippen LogP contribution in [-0.2, 0) is 4.74 Å². The second-order valence-corrected chi connectivity index (χ2v) is 3.91. The van der Waals surface area contributed by atoms with Gasteiger partial charge < -0.3 is 4.74 Å². The molecule has 0 bridgehead atoms. The number of hydrogen-bond donors (Lipinski definition) is 0. The first-order chi connectivity index (χ1) is 6.52. The second kappa shape index (κ2) is 4.63. The summed E-state index contributed by atoms with van der Waals surface area (Å²) in [4.78, 5) is 0. The topological polar surface area (TPSA) is 9.23 Å². The van der Waals surface area contributed by atoms with E-state index in [1.807, 2.05) is 0 Å². The van der Waals surface area contributed by atoms with Gasteiger partial charge in [-0.15, -0.1) is 0 Å². The predicted octanol–water partition coefficient (Wildman–Crippen LogP) is 3.78. The van der Waals surface area contributed by atoms with Crippen molar-refractivity contribution in [2.24, 2.45) is 0 Å². The third-order valence-corrected chi connectivity index (χ3v) is 2.18. The number of alkyl halides is 5. The van der Waals surface area contributed by atoms with Crippen molar-refractivity contribution in [1.29, 1.82) is 0 Å². The van der Waals surface area contributed by atoms with E-state index in [9.17, 15) is 22.0 Å². The molecular formula is C9H15F5O. The molecular weight excluding hydrogens is 219 g/mol. The van der Waals surface area contributed by atoms with Crippen LogP contribution in [0.25, 0.3) is 0 Å². The third kappa shape index (κ3) is 4.77. The molecule has 0 radical (unpaired) electrons. The van der Waals surface area contributed by atoms with E-state index in [0.717, 1.165) is 0 Å². The molecule has 15 heavy (non-hydrogen) atoms. The van der Waals surface area contributed by atoms with Crippen LogP contribution in [0.2, 0.25) is 0 Å². The quantitative estimate of drug-likeness (QED) is 0.658. The lowest BCUT2D eigenvalue weighted by Crippen LogP contribution is -2.38. The maximum absolute atomic E-state index is 12.4. The van der Waals surface area contributed by atoms with Gasteiger partial charge in [-0.25, -0.2) is 0 Å². The van der Waals surface area contributed by atoms with Gasteiger partial charge >= 0.3 is 12.1 Å². The Kier molecular flexibility index (Phi) is 4.51. The predicted molar refractivity (Wildman–Crippen MR) is 45.9 cm³/mol. The minimum absolute atomic E-state index is 0.546. The van der Waals surface area contributed by atoms with E-state index in [-0.39, 0.29) is 0 Å². The fourth-order valence-electron chi connectivity index (χ4n) is 0.699. The van der Waals surface area contributed by atoms with Crippen molar-refractivity contribution in [3.8, 4) is 0 Å². The maximum Gasteiger partial charge on any atom is 0.453 e. The Morgan fingerprint density at radius 3 is 1.80 bits per heavy atom. The molecule has 0 aromatic carbocycles. The molecule has 0 unspecified atom stereocenters. The maximum atomic E-state index is 12.4. The van der Waals surface area contributed by atoms with Gasteiger partial charge in [0.05, 0.1) is 12.2 Å². The average Bonchev–Trinajstić information content (AvgIpc) is 2.01. The Morgan fingerprint density at radius 1 is 1.00 bits per heavy atom. The molecule has 0 saturated heterocycles. The normalized spacial score (nSPS) is 14.4. The van der Waals surface area contributed by atoms with Crippen LogP contribution in [0.15, 0.2) is 0 Å². The van der Waals surface area contributed by atoms with Crippen molar-refractivity contribution in [3.05, 3.63) is 0 Å². The molecule has 0 fully saturated rings. The molecule has 0 aromatic rings. The van der Waals surface area contributed by atoms with Gasteiger partial charge in [0.2, 0.25) is 0 Å². The molecule has 0 heterocycles. The van der Waals surface area contributed by atoms with Crippen LogP contribution in [0.3, 0.4) is 0 Å². The van der Waals surface area contributed by atoms with Crippen molar-refractivity contribution in [1.82, 2.24) is 0 Å². The number of halogens is 5. The minimum Gasteiger partial charge on any atom is -0.375 e. The molecule has 1 nitrogen and oxygen atoms in total. The summed E-state index contributed by atoms with van der Waals surface area (Å²) in [5.41, 5.74) is -0.665. The zero-order chi connectivity index (χ0) is 12.3. The Morgan fingerprint density at radius 2 is 1.47 bits per heavy atom. The number of hydrogen-bond acceptors (Lipinski definition) is 1. The minimum atomic E-state index is -5.49. The fourth-order valence-corrected chi connectivity index (χ4v) is 0.699. The van der Waals surface area contributed by atoms with E-state index in [1.165, 1.54) is 0 Å². The number of rotatable bonds is 5. The molecule has 0 aliphatic heterocycles. The SMILES string of the molecule is CCC(C)(C)OCCC(F)(F)C(F)(F)F. The molecule has 0 aliphatic carbocycles. The summed E-state index contributed by atoms with van der Waals surface area (Å²) >= 11 is 0. The summed E-state index contributed by atoms with van der Waals surface area (Å²) in [6, 6.07) is 0. The van der Waals surface area contributed by atoms with Crippen LogP contribution in [0, 0.1) is 0 Å². The lowest BCUT2D eigenvalue weighted by atomic mass is 10.1. The van der Waals surface area contributed by atoms with Crippen molar-refractivity contribution < 1.29 is 26.7 Å². The standard InChI is InChI=1S/C9H15F5O/c1-4-7(2,3)15-6-5-8(10,11)9(12,13)14/h4-6H2,1-3H3. The molecule has 0 amide bonds. The third-order valence-electron chi connectivity index (χ3n) is 2.18. The Balaban J connectivity index is 4.07. The summed E-state index contributed by atoms with van der Waals surface area (Å²) in [5.74, 6) is -4.67. The monoisotopic (exact) mass is 234 g/mol. The lowest BCUT2D eigenvalue weighted by Gasteiger charge is -2.25. The van der Waals surface area contributed by atoms with E-state index < -0.39 is 30.7 Å². The van der Waals surface area contributed by atoms with Gasteiger partial charge in [0, 0.05) is 6.42 Å². The van der Waals surface area contributed by atoms with E-state index in [4.69, 9.17) is 4.74 Å². The molecule has 92 valence electrons. The molecule has 0 aromatic heterocycles. The Labute approximate surface area is 85.6 Å². The summed E-state index contributed by atoms with van der Waals surface area (Å²) in [7, 11) is 0. The van der Waals surface area contributed by atoms with Gasteiger partial charge in [0.15, 0.2) is 0 Å². The van der Waals surface area contributed by atoms with Crippen LogP contribution in [0.4, 0.5) is 22.0 Å². The molecule has 0 aliphatic rings. The lowest BCUT2D eigenvalue weighted by molar-refractivity contribution is -0.288. The highest BCUT2D eigenvalue weighted by molar-refractivity contribution is 4.76. The highest BCUT2D eigenvalue weighted by Gasteiger charge is 2.56.